The molecule has 0 fully saturated rings. The molecule has 0 spiro atoms. The second-order valence-corrected chi connectivity index (χ2v) is 5.10. The molecule has 3 rings (SSSR count). The third-order valence-corrected chi connectivity index (χ3v) is 3.79. The van der Waals surface area contributed by atoms with Crippen molar-refractivity contribution in [2.45, 2.75) is 32.6 Å². The molecule has 18 heavy (non-hydrogen) atoms. The number of esters is 1. The van der Waals surface area contributed by atoms with Crippen LogP contribution in [0, 0.1) is 6.92 Å². The lowest BCUT2D eigenvalue weighted by atomic mass is 9.82. The summed E-state index contributed by atoms with van der Waals surface area (Å²) in [7, 11) is 1.68. The smallest absolute Gasteiger partial charge is 0.315 e. The van der Waals surface area contributed by atoms with Crippen molar-refractivity contribution in [2.75, 3.05) is 7.11 Å². The standard InChI is InChI=1S/C15H16O3/c1-8-4-10-6-14(16)18-15(10)12-5-9(2)13(17-3)7-11(8)12/h5,7-8H,4,6H2,1-3H3. The van der Waals surface area contributed by atoms with Crippen LogP contribution >= 0.6 is 0 Å². The second-order valence-electron chi connectivity index (χ2n) is 5.10. The van der Waals surface area contributed by atoms with Gasteiger partial charge < -0.3 is 9.47 Å². The lowest BCUT2D eigenvalue weighted by Gasteiger charge is -2.24. The minimum Gasteiger partial charge on any atom is -0.496 e. The third kappa shape index (κ3) is 1.54. The Kier molecular flexibility index (Phi) is 2.44. The highest BCUT2D eigenvalue weighted by atomic mass is 16.5. The maximum absolute atomic E-state index is 11.4. The minimum absolute atomic E-state index is 0.131. The minimum atomic E-state index is -0.131. The fourth-order valence-corrected chi connectivity index (χ4v) is 2.89. The van der Waals surface area contributed by atoms with E-state index >= 15 is 0 Å². The van der Waals surface area contributed by atoms with Gasteiger partial charge in [0.1, 0.15) is 11.5 Å². The van der Waals surface area contributed by atoms with Crippen molar-refractivity contribution in [3.63, 3.8) is 0 Å². The Bertz CT molecular complexity index is 569. The summed E-state index contributed by atoms with van der Waals surface area (Å²) < 4.78 is 10.7. The number of methoxy groups -OCH3 is 1. The lowest BCUT2D eigenvalue weighted by Crippen LogP contribution is -2.08. The van der Waals surface area contributed by atoms with Crippen LogP contribution in [-0.2, 0) is 9.53 Å². The Labute approximate surface area is 106 Å². The molecule has 0 N–H and O–H groups in total. The van der Waals surface area contributed by atoms with Gasteiger partial charge in [0.2, 0.25) is 0 Å². The zero-order valence-corrected chi connectivity index (χ0v) is 10.9. The van der Waals surface area contributed by atoms with Crippen LogP contribution in [0.2, 0.25) is 0 Å². The highest BCUT2D eigenvalue weighted by molar-refractivity contribution is 5.90. The van der Waals surface area contributed by atoms with Gasteiger partial charge in [-0.15, -0.1) is 0 Å². The van der Waals surface area contributed by atoms with Gasteiger partial charge in [-0.05, 0) is 48.1 Å². The fraction of sp³-hybridized carbons (Fsp3) is 0.400. The Morgan fingerprint density at radius 2 is 2.17 bits per heavy atom. The van der Waals surface area contributed by atoms with Gasteiger partial charge in [0.05, 0.1) is 13.5 Å². The van der Waals surface area contributed by atoms with Crippen molar-refractivity contribution in [2.24, 2.45) is 0 Å². The first kappa shape index (κ1) is 11.3. The lowest BCUT2D eigenvalue weighted by molar-refractivity contribution is -0.134. The SMILES string of the molecule is COc1cc2c(cc1C)C1=C(CC(=O)O1)CC2C. The van der Waals surface area contributed by atoms with Crippen molar-refractivity contribution < 1.29 is 14.3 Å². The monoisotopic (exact) mass is 244 g/mol. The molecule has 1 aromatic carbocycles. The van der Waals surface area contributed by atoms with E-state index in [9.17, 15) is 4.79 Å². The maximum atomic E-state index is 11.4. The van der Waals surface area contributed by atoms with E-state index in [0.717, 1.165) is 34.6 Å². The van der Waals surface area contributed by atoms with Crippen LogP contribution in [0.25, 0.3) is 5.76 Å². The van der Waals surface area contributed by atoms with Crippen molar-refractivity contribution in [1.82, 2.24) is 0 Å². The molecule has 0 saturated carbocycles. The number of hydrogen-bond donors (Lipinski definition) is 0. The number of benzene rings is 1. The van der Waals surface area contributed by atoms with E-state index in [0.29, 0.717) is 12.3 Å². The molecule has 2 aliphatic rings. The van der Waals surface area contributed by atoms with Crippen molar-refractivity contribution in [3.8, 4) is 5.75 Å². The van der Waals surface area contributed by atoms with Crippen LogP contribution in [0.3, 0.4) is 0 Å². The van der Waals surface area contributed by atoms with Crippen LogP contribution in [0.5, 0.6) is 5.75 Å². The Morgan fingerprint density at radius 1 is 1.39 bits per heavy atom. The molecule has 0 amide bonds. The van der Waals surface area contributed by atoms with Crippen molar-refractivity contribution in [3.05, 3.63) is 34.4 Å². The van der Waals surface area contributed by atoms with E-state index in [1.54, 1.807) is 7.11 Å². The number of rotatable bonds is 1. The number of hydrogen-bond acceptors (Lipinski definition) is 3. The molecule has 3 nitrogen and oxygen atoms in total. The third-order valence-electron chi connectivity index (χ3n) is 3.79. The summed E-state index contributed by atoms with van der Waals surface area (Å²) in [6.45, 7) is 4.19. The molecule has 1 aromatic rings. The molecule has 1 aliphatic heterocycles. The van der Waals surface area contributed by atoms with E-state index < -0.39 is 0 Å². The summed E-state index contributed by atoms with van der Waals surface area (Å²) in [5, 5.41) is 0. The van der Waals surface area contributed by atoms with Gasteiger partial charge in [-0.1, -0.05) is 6.92 Å². The predicted octanol–water partition coefficient (Wildman–Crippen LogP) is 3.17. The van der Waals surface area contributed by atoms with Crippen LogP contribution < -0.4 is 4.74 Å². The summed E-state index contributed by atoms with van der Waals surface area (Å²) in [5.74, 6) is 1.96. The van der Waals surface area contributed by atoms with E-state index in [4.69, 9.17) is 9.47 Å². The van der Waals surface area contributed by atoms with Crippen LogP contribution in [-0.4, -0.2) is 13.1 Å². The molecular weight excluding hydrogens is 228 g/mol. The molecule has 1 heterocycles. The van der Waals surface area contributed by atoms with Gasteiger partial charge in [0, 0.05) is 5.56 Å². The molecule has 0 aromatic heterocycles. The number of fused-ring (bicyclic) bond motifs is 2. The van der Waals surface area contributed by atoms with E-state index in [-0.39, 0.29) is 5.97 Å². The summed E-state index contributed by atoms with van der Waals surface area (Å²) >= 11 is 0. The first-order valence-electron chi connectivity index (χ1n) is 6.21. The number of ether oxygens (including phenoxy) is 2. The van der Waals surface area contributed by atoms with E-state index in [1.165, 1.54) is 5.56 Å². The zero-order chi connectivity index (χ0) is 12.9. The summed E-state index contributed by atoms with van der Waals surface area (Å²) in [6.07, 6.45) is 1.35. The zero-order valence-electron chi connectivity index (χ0n) is 10.9. The molecule has 0 radical (unpaired) electrons. The summed E-state index contributed by atoms with van der Waals surface area (Å²) in [6, 6.07) is 4.14. The molecular formula is C15H16O3. The van der Waals surface area contributed by atoms with Gasteiger partial charge in [-0.3, -0.25) is 4.79 Å². The Hall–Kier alpha value is -1.77. The quantitative estimate of drug-likeness (QED) is 0.712. The average Bonchev–Trinajstić information content (AvgIpc) is 2.69. The second kappa shape index (κ2) is 3.87. The first-order chi connectivity index (χ1) is 8.60. The molecule has 1 unspecified atom stereocenters. The molecule has 94 valence electrons. The van der Waals surface area contributed by atoms with Gasteiger partial charge >= 0.3 is 5.97 Å². The normalized spacial score (nSPS) is 21.5. The van der Waals surface area contributed by atoms with Gasteiger partial charge in [0.15, 0.2) is 0 Å². The van der Waals surface area contributed by atoms with E-state index in [2.05, 4.69) is 19.1 Å². The molecule has 0 bridgehead atoms. The number of carbonyl (C=O) groups excluding carboxylic acids is 1. The first-order valence-corrected chi connectivity index (χ1v) is 6.21. The van der Waals surface area contributed by atoms with Crippen LogP contribution in [0.1, 0.15) is 42.4 Å². The predicted molar refractivity (Wildman–Crippen MR) is 68.4 cm³/mol. The highest BCUT2D eigenvalue weighted by Gasteiger charge is 2.33. The molecule has 1 aliphatic carbocycles. The van der Waals surface area contributed by atoms with E-state index in [1.807, 2.05) is 6.92 Å². The van der Waals surface area contributed by atoms with Crippen LogP contribution in [0.15, 0.2) is 17.7 Å². The molecule has 0 saturated heterocycles. The molecule has 1 atom stereocenters. The number of carbonyl (C=O) groups is 1. The largest absolute Gasteiger partial charge is 0.496 e. The topological polar surface area (TPSA) is 35.5 Å². The van der Waals surface area contributed by atoms with Gasteiger partial charge in [-0.25, -0.2) is 0 Å². The van der Waals surface area contributed by atoms with Crippen LogP contribution in [0.4, 0.5) is 0 Å². The van der Waals surface area contributed by atoms with Crippen molar-refractivity contribution in [1.29, 1.82) is 0 Å². The summed E-state index contributed by atoms with van der Waals surface area (Å²) in [4.78, 5) is 11.4. The van der Waals surface area contributed by atoms with Crippen molar-refractivity contribution >= 4 is 11.7 Å². The average molecular weight is 244 g/mol. The van der Waals surface area contributed by atoms with Gasteiger partial charge in [-0.2, -0.15) is 0 Å². The number of aryl methyl sites for hydroxylation is 1. The fourth-order valence-electron chi connectivity index (χ4n) is 2.89. The Balaban J connectivity index is 2.18. The molecule has 3 heteroatoms. The Morgan fingerprint density at radius 3 is 2.89 bits per heavy atom. The highest BCUT2D eigenvalue weighted by Crippen LogP contribution is 2.45. The maximum Gasteiger partial charge on any atom is 0.315 e. The summed E-state index contributed by atoms with van der Waals surface area (Å²) in [5.41, 5.74) is 4.49. The van der Waals surface area contributed by atoms with Gasteiger partial charge in [0.25, 0.3) is 0 Å².